The zero-order valence-corrected chi connectivity index (χ0v) is 16.8. The monoisotopic (exact) mass is 425 g/mol. The first-order valence-electron chi connectivity index (χ1n) is 8.58. The van der Waals surface area contributed by atoms with Crippen molar-refractivity contribution in [2.45, 2.75) is 50.5 Å². The lowest BCUT2D eigenvalue weighted by atomic mass is 9.98. The topological polar surface area (TPSA) is 83.9 Å². The highest BCUT2D eigenvalue weighted by atomic mass is 32.2. The van der Waals surface area contributed by atoms with E-state index in [1.807, 2.05) is 0 Å². The summed E-state index contributed by atoms with van der Waals surface area (Å²) >= 11 is 0. The molecule has 11 heteroatoms. The number of benzene rings is 1. The largest absolute Gasteiger partial charge is 0.573 e. The molecule has 0 aromatic heterocycles. The number of amides is 1. The lowest BCUT2D eigenvalue weighted by molar-refractivity contribution is -0.909. The van der Waals surface area contributed by atoms with Gasteiger partial charge >= 0.3 is 12.5 Å². The molecule has 0 aliphatic carbocycles. The Hall–Kier alpha value is -1.85. The molecule has 0 saturated carbocycles. The Kier molecular flexibility index (Phi) is 5.77. The lowest BCUT2D eigenvalue weighted by Crippen LogP contribution is -2.72. The van der Waals surface area contributed by atoms with Gasteiger partial charge in [-0.25, -0.2) is 12.9 Å². The number of piperazine rings is 1. The Morgan fingerprint density at radius 1 is 1.21 bits per heavy atom. The van der Waals surface area contributed by atoms with E-state index in [4.69, 9.17) is 0 Å². The molecular formula is C17H24F3N2O5S+. The summed E-state index contributed by atoms with van der Waals surface area (Å²) in [5.41, 5.74) is -0.632. The SMILES string of the molecule is C[C@H]1C[N+](C(=O)O)(C(C)(C)C)CCN1S(=O)(=O)c1ccc(OC(F)(F)F)cc1. The van der Waals surface area contributed by atoms with Crippen molar-refractivity contribution in [1.29, 1.82) is 0 Å². The highest BCUT2D eigenvalue weighted by molar-refractivity contribution is 7.89. The molecule has 2 rings (SSSR count). The molecule has 1 aromatic rings. The van der Waals surface area contributed by atoms with Crippen molar-refractivity contribution in [3.05, 3.63) is 24.3 Å². The van der Waals surface area contributed by atoms with Crippen LogP contribution in [0.15, 0.2) is 29.2 Å². The summed E-state index contributed by atoms with van der Waals surface area (Å²) in [5.74, 6) is -0.521. The van der Waals surface area contributed by atoms with Gasteiger partial charge in [0.25, 0.3) is 0 Å². The van der Waals surface area contributed by atoms with Crippen LogP contribution in [0, 0.1) is 0 Å². The van der Waals surface area contributed by atoms with Crippen molar-refractivity contribution in [2.75, 3.05) is 19.6 Å². The van der Waals surface area contributed by atoms with E-state index in [0.29, 0.717) is 0 Å². The summed E-state index contributed by atoms with van der Waals surface area (Å²) in [6.45, 7) is 7.13. The first-order valence-corrected chi connectivity index (χ1v) is 10.0. The van der Waals surface area contributed by atoms with Crippen LogP contribution in [-0.2, 0) is 10.0 Å². The summed E-state index contributed by atoms with van der Waals surface area (Å²) in [7, 11) is -4.00. The van der Waals surface area contributed by atoms with E-state index < -0.39 is 39.8 Å². The third-order valence-electron chi connectivity index (χ3n) is 5.08. The van der Waals surface area contributed by atoms with Gasteiger partial charge in [-0.15, -0.1) is 13.2 Å². The molecule has 2 atom stereocenters. The molecule has 1 heterocycles. The molecule has 28 heavy (non-hydrogen) atoms. The molecule has 1 aliphatic rings. The van der Waals surface area contributed by atoms with Crippen LogP contribution in [0.25, 0.3) is 0 Å². The van der Waals surface area contributed by atoms with E-state index in [0.717, 1.165) is 24.3 Å². The maximum Gasteiger partial charge on any atom is 0.573 e. The van der Waals surface area contributed by atoms with Crippen LogP contribution in [0.2, 0.25) is 0 Å². The third kappa shape index (κ3) is 4.26. The number of rotatable bonds is 3. The second-order valence-electron chi connectivity index (χ2n) is 7.81. The van der Waals surface area contributed by atoms with E-state index >= 15 is 0 Å². The van der Waals surface area contributed by atoms with Crippen LogP contribution in [0.3, 0.4) is 0 Å². The molecule has 1 saturated heterocycles. The Labute approximate surface area is 161 Å². The number of halogens is 3. The zero-order chi connectivity index (χ0) is 21.5. The molecule has 1 aliphatic heterocycles. The first-order chi connectivity index (χ1) is 12.6. The van der Waals surface area contributed by atoms with Gasteiger partial charge in [0.2, 0.25) is 10.0 Å². The lowest BCUT2D eigenvalue weighted by Gasteiger charge is -2.50. The standard InChI is InChI=1S/C17H23F3N2O5S/c1-12-11-22(15(23)24,16(2,3)4)10-9-21(12)28(25,26)14-7-5-13(6-8-14)27-17(18,19)20/h5-8,12H,9-11H2,1-4H3/p+1/t12-,22?/m0/s1. The van der Waals surface area contributed by atoms with E-state index in [9.17, 15) is 31.5 Å². The van der Waals surface area contributed by atoms with Gasteiger partial charge in [-0.3, -0.25) is 0 Å². The number of carboxylic acid groups (broad SMARTS) is 1. The summed E-state index contributed by atoms with van der Waals surface area (Å²) < 4.78 is 67.3. The summed E-state index contributed by atoms with van der Waals surface area (Å²) in [5, 5.41) is 9.77. The fourth-order valence-electron chi connectivity index (χ4n) is 3.50. The highest BCUT2D eigenvalue weighted by Gasteiger charge is 2.53. The molecule has 0 bridgehead atoms. The molecule has 0 radical (unpaired) electrons. The summed E-state index contributed by atoms with van der Waals surface area (Å²) in [4.78, 5) is 11.8. The van der Waals surface area contributed by atoms with Gasteiger partial charge in [0.05, 0.1) is 17.5 Å². The number of quaternary nitrogens is 1. The van der Waals surface area contributed by atoms with E-state index in [2.05, 4.69) is 4.74 Å². The first kappa shape index (κ1) is 22.4. The molecule has 158 valence electrons. The predicted molar refractivity (Wildman–Crippen MR) is 94.3 cm³/mol. The van der Waals surface area contributed by atoms with E-state index in [1.54, 1.807) is 27.7 Å². The fraction of sp³-hybridized carbons (Fsp3) is 0.588. The number of alkyl halides is 3. The Morgan fingerprint density at radius 3 is 2.14 bits per heavy atom. The van der Waals surface area contributed by atoms with Crippen LogP contribution in [0.5, 0.6) is 5.75 Å². The molecule has 0 spiro atoms. The number of ether oxygens (including phenoxy) is 1. The van der Waals surface area contributed by atoms with Crippen LogP contribution >= 0.6 is 0 Å². The van der Waals surface area contributed by atoms with Gasteiger partial charge in [-0.1, -0.05) is 0 Å². The highest BCUT2D eigenvalue weighted by Crippen LogP contribution is 2.33. The van der Waals surface area contributed by atoms with Crippen LogP contribution in [0.1, 0.15) is 27.7 Å². The van der Waals surface area contributed by atoms with Gasteiger partial charge in [0.1, 0.15) is 24.4 Å². The molecule has 7 nitrogen and oxygen atoms in total. The summed E-state index contributed by atoms with van der Waals surface area (Å²) in [6, 6.07) is 3.34. The number of hydrogen-bond donors (Lipinski definition) is 1. The van der Waals surface area contributed by atoms with Gasteiger partial charge in [-0.05, 0) is 52.0 Å². The number of nitrogens with zero attached hydrogens (tertiary/aromatic N) is 2. The van der Waals surface area contributed by atoms with Gasteiger partial charge < -0.3 is 9.84 Å². The second kappa shape index (κ2) is 7.20. The zero-order valence-electron chi connectivity index (χ0n) is 16.0. The number of carbonyl (C=O) groups is 1. The average Bonchev–Trinajstić information content (AvgIpc) is 2.52. The van der Waals surface area contributed by atoms with Crippen molar-refractivity contribution in [1.82, 2.24) is 4.31 Å². The van der Waals surface area contributed by atoms with Gasteiger partial charge in [0, 0.05) is 0 Å². The Balaban J connectivity index is 2.27. The molecule has 1 unspecified atom stereocenters. The smallest absolute Gasteiger partial charge is 0.435 e. The molecule has 1 amide bonds. The number of hydrogen-bond acceptors (Lipinski definition) is 4. The minimum Gasteiger partial charge on any atom is -0.435 e. The predicted octanol–water partition coefficient (Wildman–Crippen LogP) is 3.27. The van der Waals surface area contributed by atoms with Crippen LogP contribution in [0.4, 0.5) is 18.0 Å². The maximum absolute atomic E-state index is 12.9. The Bertz CT molecular complexity index is 834. The fourth-order valence-corrected chi connectivity index (χ4v) is 5.11. The molecule has 1 fully saturated rings. The van der Waals surface area contributed by atoms with Crippen LogP contribution < -0.4 is 4.74 Å². The third-order valence-corrected chi connectivity index (χ3v) is 7.11. The minimum absolute atomic E-state index is 0.0200. The normalized spacial score (nSPS) is 24.8. The Morgan fingerprint density at radius 2 is 1.75 bits per heavy atom. The molecule has 1 N–H and O–H groups in total. The summed E-state index contributed by atoms with van der Waals surface area (Å²) in [6.07, 6.45) is -5.89. The van der Waals surface area contributed by atoms with Crippen molar-refractivity contribution in [3.8, 4) is 5.75 Å². The van der Waals surface area contributed by atoms with Crippen LogP contribution in [-0.4, -0.2) is 66.0 Å². The quantitative estimate of drug-likeness (QED) is 0.752. The minimum atomic E-state index is -4.87. The van der Waals surface area contributed by atoms with Crippen molar-refractivity contribution < 1.29 is 40.7 Å². The van der Waals surface area contributed by atoms with Gasteiger partial charge in [0.15, 0.2) is 0 Å². The van der Waals surface area contributed by atoms with Crippen molar-refractivity contribution in [2.24, 2.45) is 0 Å². The van der Waals surface area contributed by atoms with E-state index in [1.165, 1.54) is 4.31 Å². The second-order valence-corrected chi connectivity index (χ2v) is 9.70. The van der Waals surface area contributed by atoms with Gasteiger partial charge in [-0.2, -0.15) is 9.10 Å². The van der Waals surface area contributed by atoms with E-state index in [-0.39, 0.29) is 29.0 Å². The number of sulfonamides is 1. The van der Waals surface area contributed by atoms with Crippen molar-refractivity contribution >= 4 is 16.1 Å². The van der Waals surface area contributed by atoms with Crippen molar-refractivity contribution in [3.63, 3.8) is 0 Å². The molecular weight excluding hydrogens is 401 g/mol. The average molecular weight is 425 g/mol. The maximum atomic E-state index is 12.9. The molecule has 1 aromatic carbocycles.